The molecule has 6 heteroatoms. The summed E-state index contributed by atoms with van der Waals surface area (Å²) < 4.78 is 36.5. The second-order valence-corrected chi connectivity index (χ2v) is 6.87. The lowest BCUT2D eigenvalue weighted by Crippen LogP contribution is -2.39. The first kappa shape index (κ1) is 12.0. The molecule has 1 aromatic carbocycles. The fourth-order valence-electron chi connectivity index (χ4n) is 1.77. The zero-order valence-electron chi connectivity index (χ0n) is 8.41. The van der Waals surface area contributed by atoms with Crippen molar-refractivity contribution >= 4 is 25.8 Å². The van der Waals surface area contributed by atoms with E-state index in [1.165, 1.54) is 12.1 Å². The third kappa shape index (κ3) is 2.61. The molecule has 0 aliphatic carbocycles. The van der Waals surface area contributed by atoms with Gasteiger partial charge >= 0.3 is 0 Å². The quantitative estimate of drug-likeness (QED) is 0.858. The van der Waals surface area contributed by atoms with E-state index in [1.54, 1.807) is 6.07 Å². The molecule has 0 spiro atoms. The lowest BCUT2D eigenvalue weighted by Gasteiger charge is -2.24. The van der Waals surface area contributed by atoms with Crippen molar-refractivity contribution in [2.24, 2.45) is 0 Å². The molecule has 0 radical (unpaired) electrons. The number of benzene rings is 1. The van der Waals surface area contributed by atoms with Crippen LogP contribution in [0.3, 0.4) is 0 Å². The van der Waals surface area contributed by atoms with Crippen LogP contribution in [-0.2, 0) is 9.84 Å². The standard InChI is InChI=1S/C10H11BrFNO2S/c11-9-5-7(12)1-2-8(9)10-6-16(14,15)4-3-13-10/h1-2,5,10,13H,3-4,6H2. The van der Waals surface area contributed by atoms with Crippen LogP contribution in [-0.4, -0.2) is 26.5 Å². The number of hydrogen-bond acceptors (Lipinski definition) is 3. The third-order valence-corrected chi connectivity index (χ3v) is 4.92. The minimum atomic E-state index is -2.98. The monoisotopic (exact) mass is 307 g/mol. The molecule has 3 nitrogen and oxygen atoms in total. The smallest absolute Gasteiger partial charge is 0.153 e. The molecular weight excluding hydrogens is 297 g/mol. The van der Waals surface area contributed by atoms with Gasteiger partial charge in [-0.1, -0.05) is 22.0 Å². The van der Waals surface area contributed by atoms with Crippen molar-refractivity contribution in [1.82, 2.24) is 5.32 Å². The average Bonchev–Trinajstić information content (AvgIpc) is 2.15. The molecule has 16 heavy (non-hydrogen) atoms. The van der Waals surface area contributed by atoms with E-state index in [0.29, 0.717) is 11.0 Å². The Bertz CT molecular complexity index is 504. The van der Waals surface area contributed by atoms with Crippen molar-refractivity contribution < 1.29 is 12.8 Å². The van der Waals surface area contributed by atoms with Gasteiger partial charge in [0.05, 0.1) is 11.5 Å². The van der Waals surface area contributed by atoms with Crippen LogP contribution in [0.15, 0.2) is 22.7 Å². The molecule has 88 valence electrons. The Balaban J connectivity index is 2.30. The van der Waals surface area contributed by atoms with Crippen LogP contribution in [0.4, 0.5) is 4.39 Å². The molecule has 1 saturated heterocycles. The van der Waals surface area contributed by atoms with E-state index in [4.69, 9.17) is 0 Å². The normalized spacial score (nSPS) is 24.2. The van der Waals surface area contributed by atoms with Gasteiger partial charge in [0.2, 0.25) is 0 Å². The Morgan fingerprint density at radius 1 is 1.44 bits per heavy atom. The van der Waals surface area contributed by atoms with E-state index < -0.39 is 9.84 Å². The third-order valence-electron chi connectivity index (χ3n) is 2.56. The lowest BCUT2D eigenvalue weighted by atomic mass is 10.1. The summed E-state index contributed by atoms with van der Waals surface area (Å²) in [5.74, 6) is -0.103. The van der Waals surface area contributed by atoms with Gasteiger partial charge in [-0.3, -0.25) is 0 Å². The maximum atomic E-state index is 12.9. The molecule has 1 unspecified atom stereocenters. The largest absolute Gasteiger partial charge is 0.308 e. The number of hydrogen-bond donors (Lipinski definition) is 1. The van der Waals surface area contributed by atoms with E-state index in [1.807, 2.05) is 0 Å². The van der Waals surface area contributed by atoms with Crippen molar-refractivity contribution in [3.05, 3.63) is 34.1 Å². The molecule has 0 aromatic heterocycles. The molecule has 0 bridgehead atoms. The molecule has 1 fully saturated rings. The van der Waals surface area contributed by atoms with Crippen LogP contribution in [0, 0.1) is 5.82 Å². The van der Waals surface area contributed by atoms with E-state index in [0.717, 1.165) is 5.56 Å². The highest BCUT2D eigenvalue weighted by Crippen LogP contribution is 2.26. The molecule has 1 heterocycles. The fourth-order valence-corrected chi connectivity index (χ4v) is 3.80. The highest BCUT2D eigenvalue weighted by Gasteiger charge is 2.26. The molecule has 1 aliphatic rings. The number of sulfone groups is 1. The molecule has 1 atom stereocenters. The van der Waals surface area contributed by atoms with Gasteiger partial charge in [-0.2, -0.15) is 0 Å². The van der Waals surface area contributed by atoms with Crippen LogP contribution >= 0.6 is 15.9 Å². The highest BCUT2D eigenvalue weighted by molar-refractivity contribution is 9.10. The Kier molecular flexibility index (Phi) is 3.32. The average molecular weight is 308 g/mol. The van der Waals surface area contributed by atoms with Crippen LogP contribution in [0.2, 0.25) is 0 Å². The number of rotatable bonds is 1. The van der Waals surface area contributed by atoms with E-state index in [2.05, 4.69) is 21.2 Å². The maximum absolute atomic E-state index is 12.9. The summed E-state index contributed by atoms with van der Waals surface area (Å²) in [7, 11) is -2.98. The first-order chi connectivity index (χ1) is 7.48. The number of halogens is 2. The van der Waals surface area contributed by atoms with Crippen molar-refractivity contribution in [1.29, 1.82) is 0 Å². The van der Waals surface area contributed by atoms with Gasteiger partial charge in [0.1, 0.15) is 5.82 Å². The zero-order chi connectivity index (χ0) is 11.8. The first-order valence-corrected chi connectivity index (χ1v) is 7.48. The summed E-state index contributed by atoms with van der Waals surface area (Å²) >= 11 is 3.25. The summed E-state index contributed by atoms with van der Waals surface area (Å²) in [6.45, 7) is 0.441. The van der Waals surface area contributed by atoms with Gasteiger partial charge in [-0.05, 0) is 17.7 Å². The zero-order valence-corrected chi connectivity index (χ0v) is 10.8. The van der Waals surface area contributed by atoms with E-state index in [9.17, 15) is 12.8 Å². The fraction of sp³-hybridized carbons (Fsp3) is 0.400. The second-order valence-electron chi connectivity index (χ2n) is 3.79. The minimum absolute atomic E-state index is 0.0667. The minimum Gasteiger partial charge on any atom is -0.308 e. The van der Waals surface area contributed by atoms with Gasteiger partial charge in [-0.15, -0.1) is 0 Å². The second kappa shape index (κ2) is 4.43. The summed E-state index contributed by atoms with van der Waals surface area (Å²) in [5.41, 5.74) is 0.782. The Morgan fingerprint density at radius 2 is 2.19 bits per heavy atom. The van der Waals surface area contributed by atoms with Crippen molar-refractivity contribution in [3.63, 3.8) is 0 Å². The van der Waals surface area contributed by atoms with Gasteiger partial charge in [0.15, 0.2) is 9.84 Å². The summed E-state index contributed by atoms with van der Waals surface area (Å²) in [6, 6.07) is 4.04. The van der Waals surface area contributed by atoms with Gasteiger partial charge in [0.25, 0.3) is 0 Å². The molecular formula is C10H11BrFNO2S. The van der Waals surface area contributed by atoms with Gasteiger partial charge < -0.3 is 5.32 Å². The van der Waals surface area contributed by atoms with Crippen LogP contribution in [0.25, 0.3) is 0 Å². The molecule has 0 saturated carbocycles. The first-order valence-electron chi connectivity index (χ1n) is 4.87. The summed E-state index contributed by atoms with van der Waals surface area (Å²) in [4.78, 5) is 0. The predicted octanol–water partition coefficient (Wildman–Crippen LogP) is 1.65. The summed E-state index contributed by atoms with van der Waals surface area (Å²) in [6.07, 6.45) is 0. The van der Waals surface area contributed by atoms with Crippen LogP contribution < -0.4 is 5.32 Å². The highest BCUT2D eigenvalue weighted by atomic mass is 79.9. The molecule has 1 aromatic rings. The topological polar surface area (TPSA) is 46.2 Å². The van der Waals surface area contributed by atoms with Crippen molar-refractivity contribution in [2.45, 2.75) is 6.04 Å². The SMILES string of the molecule is O=S1(=O)CCNC(c2ccc(F)cc2Br)C1. The van der Waals surface area contributed by atoms with Crippen LogP contribution in [0.5, 0.6) is 0 Å². The Morgan fingerprint density at radius 3 is 2.81 bits per heavy atom. The maximum Gasteiger partial charge on any atom is 0.153 e. The van der Waals surface area contributed by atoms with Crippen LogP contribution in [0.1, 0.15) is 11.6 Å². The molecule has 0 amide bonds. The Hall–Kier alpha value is -0.460. The van der Waals surface area contributed by atoms with Gasteiger partial charge in [-0.25, -0.2) is 12.8 Å². The Labute approximate surface area is 102 Å². The van der Waals surface area contributed by atoms with Crippen molar-refractivity contribution in [3.8, 4) is 0 Å². The number of nitrogens with one attached hydrogen (secondary N) is 1. The molecule has 1 aliphatic heterocycles. The van der Waals surface area contributed by atoms with Gasteiger partial charge in [0, 0.05) is 17.1 Å². The lowest BCUT2D eigenvalue weighted by molar-refractivity contribution is 0.529. The molecule has 1 N–H and O–H groups in total. The molecule has 2 rings (SSSR count). The van der Waals surface area contributed by atoms with E-state index >= 15 is 0 Å². The predicted molar refractivity (Wildman–Crippen MR) is 63.5 cm³/mol. The van der Waals surface area contributed by atoms with E-state index in [-0.39, 0.29) is 23.4 Å². The summed E-state index contributed by atoms with van der Waals surface area (Å²) in [5, 5.41) is 3.12. The van der Waals surface area contributed by atoms with Crippen molar-refractivity contribution in [2.75, 3.05) is 18.1 Å².